The van der Waals surface area contributed by atoms with Crippen LogP contribution in [0.3, 0.4) is 0 Å². The van der Waals surface area contributed by atoms with Crippen LogP contribution in [0.5, 0.6) is 0 Å². The Balaban J connectivity index is 1.98. The summed E-state index contributed by atoms with van der Waals surface area (Å²) < 4.78 is 0. The SMILES string of the molecule is C=C[C@@]1(C)CC[C@@H]2C(=CC[C@H]3[C@@]2(C)CCC[C@@]3(C)C(=O)O)C1. The van der Waals surface area contributed by atoms with Gasteiger partial charge in [0.2, 0.25) is 0 Å². The Bertz CT molecular complexity index is 534. The molecule has 0 aromatic carbocycles. The highest BCUT2D eigenvalue weighted by Gasteiger charge is 2.58. The van der Waals surface area contributed by atoms with Crippen LogP contribution in [-0.2, 0) is 4.79 Å². The van der Waals surface area contributed by atoms with Crippen molar-refractivity contribution in [2.24, 2.45) is 28.1 Å². The molecule has 5 atom stereocenters. The van der Waals surface area contributed by atoms with Crippen LogP contribution in [0.4, 0.5) is 0 Å². The summed E-state index contributed by atoms with van der Waals surface area (Å²) >= 11 is 0. The smallest absolute Gasteiger partial charge is 0.309 e. The van der Waals surface area contributed by atoms with Gasteiger partial charge in [-0.2, -0.15) is 0 Å². The van der Waals surface area contributed by atoms with Crippen molar-refractivity contribution < 1.29 is 9.90 Å². The second-order valence-electron chi connectivity index (χ2n) is 8.78. The number of carbonyl (C=O) groups is 1. The fraction of sp³-hybridized carbons (Fsp3) is 0.750. The zero-order valence-electron chi connectivity index (χ0n) is 14.3. The molecule has 2 fully saturated rings. The largest absolute Gasteiger partial charge is 0.481 e. The molecule has 0 unspecified atom stereocenters. The van der Waals surface area contributed by atoms with Crippen LogP contribution in [0.1, 0.15) is 65.7 Å². The molecule has 0 spiro atoms. The van der Waals surface area contributed by atoms with E-state index in [9.17, 15) is 9.90 Å². The third-order valence-electron chi connectivity index (χ3n) is 7.43. The van der Waals surface area contributed by atoms with Gasteiger partial charge in [0.25, 0.3) is 0 Å². The summed E-state index contributed by atoms with van der Waals surface area (Å²) in [7, 11) is 0. The number of aliphatic carboxylic acids is 1. The van der Waals surface area contributed by atoms with E-state index in [4.69, 9.17) is 0 Å². The third-order valence-corrected chi connectivity index (χ3v) is 7.43. The number of allylic oxidation sites excluding steroid dienone is 3. The standard InChI is InChI=1S/C20H30O2/c1-5-18(2)12-9-15-14(13-18)7-8-16-19(15,3)10-6-11-20(16,4)17(21)22/h5,7,15-16H,1,6,8-13H2,2-4H3,(H,21,22)/t15-,16+,18+,19+,20-/m1/s1. The van der Waals surface area contributed by atoms with Crippen molar-refractivity contribution in [1.29, 1.82) is 0 Å². The summed E-state index contributed by atoms with van der Waals surface area (Å²) in [6.07, 6.45) is 12.0. The second kappa shape index (κ2) is 4.97. The van der Waals surface area contributed by atoms with Crippen molar-refractivity contribution in [3.8, 4) is 0 Å². The predicted octanol–water partition coefficient (Wildman–Crippen LogP) is 5.21. The van der Waals surface area contributed by atoms with Crippen molar-refractivity contribution in [1.82, 2.24) is 0 Å². The zero-order chi connectivity index (χ0) is 16.2. The van der Waals surface area contributed by atoms with E-state index < -0.39 is 11.4 Å². The minimum absolute atomic E-state index is 0.165. The van der Waals surface area contributed by atoms with Gasteiger partial charge < -0.3 is 5.11 Å². The summed E-state index contributed by atoms with van der Waals surface area (Å²) in [4.78, 5) is 11.9. The lowest BCUT2D eigenvalue weighted by Crippen LogP contribution is -2.53. The van der Waals surface area contributed by atoms with Crippen molar-refractivity contribution in [2.45, 2.75) is 65.7 Å². The van der Waals surface area contributed by atoms with Gasteiger partial charge in [0.05, 0.1) is 5.41 Å². The first-order chi connectivity index (χ1) is 10.3. The summed E-state index contributed by atoms with van der Waals surface area (Å²) in [5.41, 5.74) is 1.43. The number of hydrogen-bond donors (Lipinski definition) is 1. The van der Waals surface area contributed by atoms with Gasteiger partial charge in [0.15, 0.2) is 0 Å². The van der Waals surface area contributed by atoms with E-state index in [-0.39, 0.29) is 16.7 Å². The van der Waals surface area contributed by atoms with Crippen LogP contribution >= 0.6 is 0 Å². The highest BCUT2D eigenvalue weighted by molar-refractivity contribution is 5.75. The molecular formula is C20H30O2. The Morgan fingerprint density at radius 2 is 2.05 bits per heavy atom. The van der Waals surface area contributed by atoms with E-state index in [1.165, 1.54) is 19.3 Å². The number of hydrogen-bond acceptors (Lipinski definition) is 1. The van der Waals surface area contributed by atoms with E-state index in [1.807, 2.05) is 6.92 Å². The number of carboxylic acid groups (broad SMARTS) is 1. The fourth-order valence-corrected chi connectivity index (χ4v) is 5.86. The Labute approximate surface area is 134 Å². The number of fused-ring (bicyclic) bond motifs is 3. The molecule has 22 heavy (non-hydrogen) atoms. The van der Waals surface area contributed by atoms with Crippen molar-refractivity contribution >= 4 is 5.97 Å². The monoisotopic (exact) mass is 302 g/mol. The molecule has 0 saturated heterocycles. The van der Waals surface area contributed by atoms with Crippen LogP contribution in [0.25, 0.3) is 0 Å². The van der Waals surface area contributed by atoms with Crippen LogP contribution < -0.4 is 0 Å². The van der Waals surface area contributed by atoms with Crippen LogP contribution in [0.15, 0.2) is 24.3 Å². The topological polar surface area (TPSA) is 37.3 Å². The predicted molar refractivity (Wildman–Crippen MR) is 89.5 cm³/mol. The first-order valence-electron chi connectivity index (χ1n) is 8.81. The molecule has 0 heterocycles. The van der Waals surface area contributed by atoms with Gasteiger partial charge in [-0.05, 0) is 68.1 Å². The lowest BCUT2D eigenvalue weighted by molar-refractivity contribution is -0.163. The summed E-state index contributed by atoms with van der Waals surface area (Å²) in [5, 5.41) is 9.83. The number of rotatable bonds is 2. The minimum Gasteiger partial charge on any atom is -0.481 e. The van der Waals surface area contributed by atoms with Crippen molar-refractivity contribution in [3.63, 3.8) is 0 Å². The van der Waals surface area contributed by atoms with E-state index in [2.05, 4.69) is 32.6 Å². The molecule has 0 aliphatic heterocycles. The molecule has 3 aliphatic rings. The average molecular weight is 302 g/mol. The van der Waals surface area contributed by atoms with E-state index in [1.54, 1.807) is 5.57 Å². The lowest BCUT2D eigenvalue weighted by Gasteiger charge is -2.58. The van der Waals surface area contributed by atoms with Crippen molar-refractivity contribution in [2.75, 3.05) is 0 Å². The molecule has 3 aliphatic carbocycles. The quantitative estimate of drug-likeness (QED) is 0.711. The molecule has 1 N–H and O–H groups in total. The Morgan fingerprint density at radius 1 is 1.32 bits per heavy atom. The molecule has 0 aromatic rings. The summed E-state index contributed by atoms with van der Waals surface area (Å²) in [6, 6.07) is 0. The van der Waals surface area contributed by atoms with E-state index >= 15 is 0 Å². The Morgan fingerprint density at radius 3 is 2.68 bits per heavy atom. The highest BCUT2D eigenvalue weighted by atomic mass is 16.4. The molecule has 0 aromatic heterocycles. The molecule has 2 saturated carbocycles. The van der Waals surface area contributed by atoms with Crippen LogP contribution in [0.2, 0.25) is 0 Å². The van der Waals surface area contributed by atoms with Gasteiger partial charge in [0, 0.05) is 0 Å². The first-order valence-corrected chi connectivity index (χ1v) is 8.81. The van der Waals surface area contributed by atoms with Gasteiger partial charge in [-0.3, -0.25) is 4.79 Å². The summed E-state index contributed by atoms with van der Waals surface area (Å²) in [5.74, 6) is 0.276. The first kappa shape index (κ1) is 15.8. The van der Waals surface area contributed by atoms with Gasteiger partial charge in [-0.15, -0.1) is 6.58 Å². The van der Waals surface area contributed by atoms with Gasteiger partial charge in [-0.1, -0.05) is 38.0 Å². The maximum atomic E-state index is 11.9. The highest BCUT2D eigenvalue weighted by Crippen LogP contribution is 2.63. The van der Waals surface area contributed by atoms with Crippen LogP contribution in [-0.4, -0.2) is 11.1 Å². The lowest BCUT2D eigenvalue weighted by atomic mass is 9.45. The maximum Gasteiger partial charge on any atom is 0.309 e. The van der Waals surface area contributed by atoms with E-state index in [0.29, 0.717) is 5.92 Å². The molecule has 2 heteroatoms. The second-order valence-corrected chi connectivity index (χ2v) is 8.78. The molecule has 122 valence electrons. The molecule has 0 radical (unpaired) electrons. The molecule has 0 amide bonds. The van der Waals surface area contributed by atoms with Crippen molar-refractivity contribution in [3.05, 3.63) is 24.3 Å². The molecule has 0 bridgehead atoms. The van der Waals surface area contributed by atoms with E-state index in [0.717, 1.165) is 25.7 Å². The fourth-order valence-electron chi connectivity index (χ4n) is 5.86. The van der Waals surface area contributed by atoms with Gasteiger partial charge in [-0.25, -0.2) is 0 Å². The average Bonchev–Trinajstić information content (AvgIpc) is 2.46. The maximum absolute atomic E-state index is 11.9. The third kappa shape index (κ3) is 2.10. The molecular weight excluding hydrogens is 272 g/mol. The van der Waals surface area contributed by atoms with Gasteiger partial charge in [0.1, 0.15) is 0 Å². The van der Waals surface area contributed by atoms with Gasteiger partial charge >= 0.3 is 5.97 Å². The Kier molecular flexibility index (Phi) is 3.58. The molecule has 2 nitrogen and oxygen atoms in total. The zero-order valence-corrected chi connectivity index (χ0v) is 14.3. The minimum atomic E-state index is -0.591. The Hall–Kier alpha value is -1.05. The normalized spacial score (nSPS) is 47.9. The molecule has 3 rings (SSSR count). The number of carboxylic acids is 1. The van der Waals surface area contributed by atoms with Crippen LogP contribution in [0, 0.1) is 28.1 Å². The summed E-state index contributed by atoms with van der Waals surface area (Å²) in [6.45, 7) is 10.7.